The van der Waals surface area contributed by atoms with E-state index in [0.29, 0.717) is 25.2 Å². The number of rotatable bonds is 6. The fourth-order valence-electron chi connectivity index (χ4n) is 3.73. The molecule has 0 radical (unpaired) electrons. The van der Waals surface area contributed by atoms with Crippen molar-refractivity contribution in [2.75, 3.05) is 37.4 Å². The fourth-order valence-corrected chi connectivity index (χ4v) is 3.73. The standard InChI is InChI=1S/C24H30N4O3/c1-16-7-10-18(11-8-16)21(27(3)4)15-25-23(30)24(31)26-19-12-9-17(2)20(14-19)28-13-5-6-22(28)29/h7-12,14,21H,5-6,13,15H2,1-4H3,(H,25,30)(H,26,31). The predicted molar refractivity (Wildman–Crippen MR) is 122 cm³/mol. The molecule has 1 atom stereocenters. The van der Waals surface area contributed by atoms with Crippen LogP contribution in [0.5, 0.6) is 0 Å². The number of carbonyl (C=O) groups is 3. The summed E-state index contributed by atoms with van der Waals surface area (Å²) in [7, 11) is 3.87. The molecule has 31 heavy (non-hydrogen) atoms. The van der Waals surface area contributed by atoms with Gasteiger partial charge in [-0.1, -0.05) is 35.9 Å². The fraction of sp³-hybridized carbons (Fsp3) is 0.375. The van der Waals surface area contributed by atoms with Crippen LogP contribution in [0.15, 0.2) is 42.5 Å². The molecular weight excluding hydrogens is 392 g/mol. The number of carbonyl (C=O) groups excluding carboxylic acids is 3. The van der Waals surface area contributed by atoms with Gasteiger partial charge in [-0.05, 0) is 57.6 Å². The Kier molecular flexibility index (Phi) is 7.07. The zero-order valence-corrected chi connectivity index (χ0v) is 18.6. The van der Waals surface area contributed by atoms with Crippen molar-refractivity contribution in [2.24, 2.45) is 0 Å². The molecule has 1 fully saturated rings. The summed E-state index contributed by atoms with van der Waals surface area (Å²) in [5.74, 6) is -1.35. The molecule has 1 saturated heterocycles. The Morgan fingerprint density at radius 3 is 2.39 bits per heavy atom. The van der Waals surface area contributed by atoms with Gasteiger partial charge >= 0.3 is 11.8 Å². The van der Waals surface area contributed by atoms with E-state index in [1.54, 1.807) is 17.0 Å². The number of hydrogen-bond acceptors (Lipinski definition) is 4. The van der Waals surface area contributed by atoms with Crippen molar-refractivity contribution in [2.45, 2.75) is 32.7 Å². The Labute approximate surface area is 183 Å². The minimum atomic E-state index is -0.732. The van der Waals surface area contributed by atoms with E-state index in [1.807, 2.05) is 63.2 Å². The zero-order valence-electron chi connectivity index (χ0n) is 18.6. The monoisotopic (exact) mass is 422 g/mol. The zero-order chi connectivity index (χ0) is 22.5. The van der Waals surface area contributed by atoms with Crippen LogP contribution in [0.2, 0.25) is 0 Å². The van der Waals surface area contributed by atoms with Crippen LogP contribution in [0.4, 0.5) is 11.4 Å². The number of nitrogens with one attached hydrogen (secondary N) is 2. The second-order valence-electron chi connectivity index (χ2n) is 8.20. The van der Waals surface area contributed by atoms with Gasteiger partial charge in [0, 0.05) is 30.9 Å². The van der Waals surface area contributed by atoms with E-state index in [4.69, 9.17) is 0 Å². The molecule has 1 heterocycles. The summed E-state index contributed by atoms with van der Waals surface area (Å²) < 4.78 is 0. The van der Waals surface area contributed by atoms with Gasteiger partial charge < -0.3 is 20.4 Å². The Balaban J connectivity index is 1.63. The molecule has 2 aromatic rings. The molecule has 0 aliphatic carbocycles. The minimum Gasteiger partial charge on any atom is -0.346 e. The number of likely N-dealkylation sites (N-methyl/N-ethyl adjacent to an activating group) is 1. The van der Waals surface area contributed by atoms with Crippen LogP contribution in [-0.2, 0) is 14.4 Å². The SMILES string of the molecule is Cc1ccc(C(CNC(=O)C(=O)Nc2ccc(C)c(N3CCCC3=O)c2)N(C)C)cc1. The Hall–Kier alpha value is -3.19. The second-order valence-corrected chi connectivity index (χ2v) is 8.20. The molecule has 2 N–H and O–H groups in total. The van der Waals surface area contributed by atoms with Crippen molar-refractivity contribution >= 4 is 29.1 Å². The molecule has 2 aromatic carbocycles. The predicted octanol–water partition coefficient (Wildman–Crippen LogP) is 2.79. The largest absolute Gasteiger partial charge is 0.346 e. The second kappa shape index (κ2) is 9.75. The summed E-state index contributed by atoms with van der Waals surface area (Å²) in [6, 6.07) is 13.4. The van der Waals surface area contributed by atoms with E-state index < -0.39 is 11.8 Å². The van der Waals surface area contributed by atoms with Crippen molar-refractivity contribution in [3.63, 3.8) is 0 Å². The number of aryl methyl sites for hydroxylation is 2. The van der Waals surface area contributed by atoms with Gasteiger partial charge in [0.2, 0.25) is 5.91 Å². The molecule has 0 spiro atoms. The minimum absolute atomic E-state index is 0.0514. The van der Waals surface area contributed by atoms with Crippen molar-refractivity contribution in [3.8, 4) is 0 Å². The van der Waals surface area contributed by atoms with Gasteiger partial charge in [-0.3, -0.25) is 14.4 Å². The Morgan fingerprint density at radius 2 is 1.77 bits per heavy atom. The first-order chi connectivity index (χ1) is 14.8. The maximum Gasteiger partial charge on any atom is 0.313 e. The average Bonchev–Trinajstić information content (AvgIpc) is 3.16. The molecule has 1 aliphatic heterocycles. The Bertz CT molecular complexity index is 969. The maximum atomic E-state index is 12.4. The highest BCUT2D eigenvalue weighted by Gasteiger charge is 2.24. The lowest BCUT2D eigenvalue weighted by Crippen LogP contribution is -2.40. The van der Waals surface area contributed by atoms with E-state index in [0.717, 1.165) is 28.8 Å². The van der Waals surface area contributed by atoms with Crippen LogP contribution in [0.25, 0.3) is 0 Å². The first-order valence-electron chi connectivity index (χ1n) is 10.5. The highest BCUT2D eigenvalue weighted by molar-refractivity contribution is 6.39. The van der Waals surface area contributed by atoms with E-state index >= 15 is 0 Å². The first kappa shape index (κ1) is 22.5. The van der Waals surface area contributed by atoms with E-state index in [9.17, 15) is 14.4 Å². The van der Waals surface area contributed by atoms with Crippen LogP contribution in [0.3, 0.4) is 0 Å². The molecule has 164 valence electrons. The van der Waals surface area contributed by atoms with E-state index in [1.165, 1.54) is 0 Å². The van der Waals surface area contributed by atoms with Crippen molar-refractivity contribution in [1.82, 2.24) is 10.2 Å². The molecular formula is C24H30N4O3. The third kappa shape index (κ3) is 5.49. The van der Waals surface area contributed by atoms with Gasteiger partial charge in [-0.25, -0.2) is 0 Å². The van der Waals surface area contributed by atoms with Crippen molar-refractivity contribution in [3.05, 3.63) is 59.2 Å². The summed E-state index contributed by atoms with van der Waals surface area (Å²) in [6.45, 7) is 4.93. The van der Waals surface area contributed by atoms with Gasteiger partial charge in [0.1, 0.15) is 0 Å². The van der Waals surface area contributed by atoms with Crippen LogP contribution in [0.1, 0.15) is 35.6 Å². The lowest BCUT2D eigenvalue weighted by molar-refractivity contribution is -0.136. The lowest BCUT2D eigenvalue weighted by atomic mass is 10.0. The Morgan fingerprint density at radius 1 is 1.06 bits per heavy atom. The van der Waals surface area contributed by atoms with Crippen LogP contribution in [0, 0.1) is 13.8 Å². The first-order valence-corrected chi connectivity index (χ1v) is 10.5. The molecule has 7 nitrogen and oxygen atoms in total. The van der Waals surface area contributed by atoms with E-state index in [2.05, 4.69) is 10.6 Å². The van der Waals surface area contributed by atoms with Crippen molar-refractivity contribution < 1.29 is 14.4 Å². The highest BCUT2D eigenvalue weighted by Crippen LogP contribution is 2.28. The van der Waals surface area contributed by atoms with Crippen LogP contribution >= 0.6 is 0 Å². The molecule has 0 saturated carbocycles. The molecule has 3 amide bonds. The number of benzene rings is 2. The molecule has 0 bridgehead atoms. The number of hydrogen-bond donors (Lipinski definition) is 2. The molecule has 7 heteroatoms. The van der Waals surface area contributed by atoms with Crippen molar-refractivity contribution in [1.29, 1.82) is 0 Å². The van der Waals surface area contributed by atoms with Gasteiger partial charge in [0.25, 0.3) is 0 Å². The maximum absolute atomic E-state index is 12.4. The summed E-state index contributed by atoms with van der Waals surface area (Å²) in [4.78, 5) is 40.7. The van der Waals surface area contributed by atoms with Gasteiger partial charge in [0.15, 0.2) is 0 Å². The van der Waals surface area contributed by atoms with Crippen LogP contribution in [-0.4, -0.2) is 49.8 Å². The number of nitrogens with zero attached hydrogens (tertiary/aromatic N) is 2. The summed E-state index contributed by atoms with van der Waals surface area (Å²) in [5.41, 5.74) is 4.44. The number of anilines is 2. The third-order valence-corrected chi connectivity index (χ3v) is 5.58. The average molecular weight is 423 g/mol. The van der Waals surface area contributed by atoms with Gasteiger partial charge in [-0.15, -0.1) is 0 Å². The lowest BCUT2D eigenvalue weighted by Gasteiger charge is -2.25. The smallest absolute Gasteiger partial charge is 0.313 e. The summed E-state index contributed by atoms with van der Waals surface area (Å²) in [6.07, 6.45) is 1.36. The normalized spacial score (nSPS) is 14.6. The molecule has 0 aromatic heterocycles. The third-order valence-electron chi connectivity index (χ3n) is 5.58. The van der Waals surface area contributed by atoms with Crippen LogP contribution < -0.4 is 15.5 Å². The van der Waals surface area contributed by atoms with Gasteiger partial charge in [-0.2, -0.15) is 0 Å². The molecule has 1 unspecified atom stereocenters. The summed E-state index contributed by atoms with van der Waals surface area (Å²) >= 11 is 0. The number of amides is 3. The quantitative estimate of drug-likeness (QED) is 0.702. The molecule has 1 aliphatic rings. The highest BCUT2D eigenvalue weighted by atomic mass is 16.2. The molecule has 3 rings (SSSR count). The van der Waals surface area contributed by atoms with E-state index in [-0.39, 0.29) is 11.9 Å². The summed E-state index contributed by atoms with van der Waals surface area (Å²) in [5, 5.41) is 5.37. The van der Waals surface area contributed by atoms with Gasteiger partial charge in [0.05, 0.1) is 6.04 Å². The topological polar surface area (TPSA) is 81.8 Å².